The van der Waals surface area contributed by atoms with Crippen LogP contribution in [-0.2, 0) is 4.79 Å². The Morgan fingerprint density at radius 2 is 2.25 bits per heavy atom. The molecule has 12 heavy (non-hydrogen) atoms. The Labute approximate surface area is 70.1 Å². The lowest BCUT2D eigenvalue weighted by molar-refractivity contribution is -0.137. The predicted octanol–water partition coefficient (Wildman–Crippen LogP) is -0.555. The first-order valence-electron chi connectivity index (χ1n) is 4.04. The largest absolute Gasteiger partial charge is 0.481 e. The number of fused-ring (bicyclic) bond motifs is 1. The van der Waals surface area contributed by atoms with Gasteiger partial charge in [0, 0.05) is 12.6 Å². The topological polar surface area (TPSA) is 60.5 Å². The lowest BCUT2D eigenvalue weighted by Gasteiger charge is -2.05. The molecule has 1 fully saturated rings. The molecule has 0 saturated carbocycles. The molecule has 1 aliphatic heterocycles. The molecule has 1 aliphatic carbocycles. The van der Waals surface area contributed by atoms with Crippen molar-refractivity contribution in [1.82, 2.24) is 4.90 Å². The van der Waals surface area contributed by atoms with E-state index in [-0.39, 0.29) is 18.6 Å². The van der Waals surface area contributed by atoms with Crippen LogP contribution in [0.5, 0.6) is 0 Å². The van der Waals surface area contributed by atoms with E-state index in [4.69, 9.17) is 5.11 Å². The van der Waals surface area contributed by atoms with Crippen molar-refractivity contribution in [3.63, 3.8) is 0 Å². The van der Waals surface area contributed by atoms with Crippen molar-refractivity contribution >= 4 is 5.97 Å². The summed E-state index contributed by atoms with van der Waals surface area (Å²) in [5.74, 6) is -0.779. The maximum atomic E-state index is 10.2. The Balaban J connectivity index is 1.81. The van der Waals surface area contributed by atoms with Crippen LogP contribution in [0, 0.1) is 0 Å². The number of hydrogen-bond donors (Lipinski definition) is 2. The number of aliphatic carboxylic acids is 1. The molecule has 0 aromatic carbocycles. The first kappa shape index (κ1) is 7.76. The highest BCUT2D eigenvalue weighted by Crippen LogP contribution is 2.37. The monoisotopic (exact) mass is 169 g/mol. The Bertz CT molecular complexity index is 238. The van der Waals surface area contributed by atoms with Crippen LogP contribution in [0.25, 0.3) is 0 Å². The number of hydrogen-bond acceptors (Lipinski definition) is 3. The highest BCUT2D eigenvalue weighted by atomic mass is 16.4. The van der Waals surface area contributed by atoms with Crippen LogP contribution in [0.2, 0.25) is 0 Å². The third kappa shape index (κ3) is 1.13. The predicted molar refractivity (Wildman–Crippen MR) is 41.7 cm³/mol. The molecule has 2 N–H and O–H groups in total. The summed E-state index contributed by atoms with van der Waals surface area (Å²) in [7, 11) is 0. The van der Waals surface area contributed by atoms with Gasteiger partial charge in [-0.3, -0.25) is 9.69 Å². The van der Waals surface area contributed by atoms with E-state index in [1.54, 1.807) is 6.08 Å². The van der Waals surface area contributed by atoms with Gasteiger partial charge in [0.1, 0.15) is 0 Å². The molecule has 66 valence electrons. The molecule has 0 amide bonds. The van der Waals surface area contributed by atoms with Crippen molar-refractivity contribution < 1.29 is 15.0 Å². The lowest BCUT2D eigenvalue weighted by Crippen LogP contribution is -2.18. The molecule has 0 aromatic rings. The average Bonchev–Trinajstić information content (AvgIpc) is 2.58. The number of carboxylic acids is 1. The van der Waals surface area contributed by atoms with Crippen molar-refractivity contribution in [2.75, 3.05) is 6.54 Å². The maximum Gasteiger partial charge on any atom is 0.304 e. The number of aliphatic hydroxyl groups excluding tert-OH is 1. The van der Waals surface area contributed by atoms with Crippen LogP contribution in [0.1, 0.15) is 6.42 Å². The van der Waals surface area contributed by atoms with Crippen LogP contribution >= 0.6 is 0 Å². The van der Waals surface area contributed by atoms with Crippen LogP contribution in [0.15, 0.2) is 12.2 Å². The normalized spacial score (nSPS) is 42.8. The summed E-state index contributed by atoms with van der Waals surface area (Å²) in [5, 5.41) is 17.7. The quantitative estimate of drug-likeness (QED) is 0.439. The molecule has 4 atom stereocenters. The van der Waals surface area contributed by atoms with E-state index in [1.807, 2.05) is 11.0 Å². The van der Waals surface area contributed by atoms with Gasteiger partial charge in [0.15, 0.2) is 0 Å². The van der Waals surface area contributed by atoms with Crippen molar-refractivity contribution in [3.8, 4) is 0 Å². The van der Waals surface area contributed by atoms with Gasteiger partial charge >= 0.3 is 5.97 Å². The lowest BCUT2D eigenvalue weighted by atomic mass is 10.3. The second kappa shape index (κ2) is 2.57. The molecule has 1 saturated heterocycles. The minimum Gasteiger partial charge on any atom is -0.481 e. The van der Waals surface area contributed by atoms with Crippen LogP contribution in [0.4, 0.5) is 0 Å². The fourth-order valence-electron chi connectivity index (χ4n) is 1.80. The summed E-state index contributed by atoms with van der Waals surface area (Å²) in [5.41, 5.74) is 0. The molecule has 0 spiro atoms. The van der Waals surface area contributed by atoms with Gasteiger partial charge in [-0.2, -0.15) is 0 Å². The summed E-state index contributed by atoms with van der Waals surface area (Å²) in [6.45, 7) is 0.548. The minimum atomic E-state index is -0.779. The molecule has 2 aliphatic rings. The standard InChI is InChI=1S/C8H11NO3/c10-6-2-1-5-8(6)9(5)4-3-7(11)12/h1-2,5-6,8,10H,3-4H2,(H,11,12)/t5-,6-,8-,9?/m1/s1. The van der Waals surface area contributed by atoms with Gasteiger partial charge in [0.25, 0.3) is 0 Å². The van der Waals surface area contributed by atoms with E-state index >= 15 is 0 Å². The number of carbonyl (C=O) groups is 1. The smallest absolute Gasteiger partial charge is 0.304 e. The van der Waals surface area contributed by atoms with Crippen molar-refractivity contribution in [1.29, 1.82) is 0 Å². The van der Waals surface area contributed by atoms with Gasteiger partial charge in [0.2, 0.25) is 0 Å². The molecule has 4 nitrogen and oxygen atoms in total. The third-order valence-corrected chi connectivity index (χ3v) is 2.47. The fourth-order valence-corrected chi connectivity index (χ4v) is 1.80. The summed E-state index contributed by atoms with van der Waals surface area (Å²) < 4.78 is 0. The Kier molecular flexibility index (Phi) is 1.66. The zero-order chi connectivity index (χ0) is 8.72. The summed E-state index contributed by atoms with van der Waals surface area (Å²) in [6, 6.07) is 0.476. The molecule has 1 unspecified atom stereocenters. The Morgan fingerprint density at radius 3 is 2.75 bits per heavy atom. The first-order chi connectivity index (χ1) is 5.70. The third-order valence-electron chi connectivity index (χ3n) is 2.47. The average molecular weight is 169 g/mol. The van der Waals surface area contributed by atoms with E-state index < -0.39 is 5.97 Å². The zero-order valence-corrected chi connectivity index (χ0v) is 6.55. The number of aliphatic hydroxyl groups is 1. The Morgan fingerprint density at radius 1 is 1.50 bits per heavy atom. The zero-order valence-electron chi connectivity index (χ0n) is 6.55. The van der Waals surface area contributed by atoms with Crippen LogP contribution in [-0.4, -0.2) is 45.8 Å². The molecule has 1 heterocycles. The number of nitrogens with zero attached hydrogens (tertiary/aromatic N) is 1. The molecular weight excluding hydrogens is 158 g/mol. The molecule has 0 radical (unpaired) electrons. The molecule has 0 bridgehead atoms. The van der Waals surface area contributed by atoms with E-state index in [2.05, 4.69) is 0 Å². The van der Waals surface area contributed by atoms with Gasteiger partial charge in [0.05, 0.1) is 18.6 Å². The number of carboxylic acid groups (broad SMARTS) is 1. The van der Waals surface area contributed by atoms with Crippen LogP contribution < -0.4 is 0 Å². The van der Waals surface area contributed by atoms with E-state index in [1.165, 1.54) is 0 Å². The molecular formula is C8H11NO3. The molecule has 0 aromatic heterocycles. The summed E-state index contributed by atoms with van der Waals surface area (Å²) in [4.78, 5) is 12.2. The van der Waals surface area contributed by atoms with Gasteiger partial charge in [-0.15, -0.1) is 0 Å². The van der Waals surface area contributed by atoms with Crippen LogP contribution in [0.3, 0.4) is 0 Å². The molecule has 2 rings (SSSR count). The van der Waals surface area contributed by atoms with Gasteiger partial charge < -0.3 is 10.2 Å². The second-order valence-corrected chi connectivity index (χ2v) is 3.24. The van der Waals surface area contributed by atoms with Gasteiger partial charge in [-0.1, -0.05) is 12.2 Å². The highest BCUT2D eigenvalue weighted by molar-refractivity contribution is 5.67. The SMILES string of the molecule is O=C(O)CCN1[C@H]2[C@H](O)C=C[C@H]21. The van der Waals surface area contributed by atoms with E-state index in [0.29, 0.717) is 12.6 Å². The minimum absolute atomic E-state index is 0.160. The summed E-state index contributed by atoms with van der Waals surface area (Å²) in [6.07, 6.45) is 3.49. The van der Waals surface area contributed by atoms with Crippen molar-refractivity contribution in [2.45, 2.75) is 24.6 Å². The fraction of sp³-hybridized carbons (Fsp3) is 0.625. The van der Waals surface area contributed by atoms with Crippen molar-refractivity contribution in [2.24, 2.45) is 0 Å². The van der Waals surface area contributed by atoms with Crippen molar-refractivity contribution in [3.05, 3.63) is 12.2 Å². The first-order valence-corrected chi connectivity index (χ1v) is 4.04. The van der Waals surface area contributed by atoms with Gasteiger partial charge in [-0.05, 0) is 0 Å². The maximum absolute atomic E-state index is 10.2. The Hall–Kier alpha value is -0.870. The summed E-state index contributed by atoms with van der Waals surface area (Å²) >= 11 is 0. The number of rotatable bonds is 3. The molecule has 4 heteroatoms. The second-order valence-electron chi connectivity index (χ2n) is 3.24. The highest BCUT2D eigenvalue weighted by Gasteiger charge is 2.52. The van der Waals surface area contributed by atoms with E-state index in [9.17, 15) is 9.90 Å². The van der Waals surface area contributed by atoms with E-state index in [0.717, 1.165) is 0 Å². The van der Waals surface area contributed by atoms with Gasteiger partial charge in [-0.25, -0.2) is 0 Å².